The van der Waals surface area contributed by atoms with Crippen LogP contribution in [0, 0.1) is 0 Å². The van der Waals surface area contributed by atoms with Gasteiger partial charge in [-0.3, -0.25) is 9.48 Å². The summed E-state index contributed by atoms with van der Waals surface area (Å²) in [6, 6.07) is 7.80. The van der Waals surface area contributed by atoms with Crippen molar-refractivity contribution in [2.24, 2.45) is 0 Å². The first-order chi connectivity index (χ1) is 13.8. The highest BCUT2D eigenvalue weighted by molar-refractivity contribution is 5.77. The van der Waals surface area contributed by atoms with E-state index in [1.807, 2.05) is 40.0 Å². The van der Waals surface area contributed by atoms with Crippen molar-refractivity contribution < 1.29 is 23.7 Å². The summed E-state index contributed by atoms with van der Waals surface area (Å²) >= 11 is 0. The summed E-state index contributed by atoms with van der Waals surface area (Å²) in [5.74, 6) is 1.64. The van der Waals surface area contributed by atoms with Crippen molar-refractivity contribution in [2.75, 3.05) is 33.1 Å². The third-order valence-corrected chi connectivity index (χ3v) is 5.54. The van der Waals surface area contributed by atoms with Crippen molar-refractivity contribution in [1.29, 1.82) is 0 Å². The van der Waals surface area contributed by atoms with Gasteiger partial charge in [-0.15, -0.1) is 0 Å². The van der Waals surface area contributed by atoms with E-state index in [1.165, 1.54) is 0 Å². The SMILES string of the molecule is O=C(CCc1ccc2c(c1)OCO2)N1C[C@@H]2OCC(n3cccn3)CO[C@H]2C1. The molecule has 1 amide bonds. The largest absolute Gasteiger partial charge is 0.454 e. The fourth-order valence-electron chi connectivity index (χ4n) is 3.94. The van der Waals surface area contributed by atoms with Gasteiger partial charge in [-0.2, -0.15) is 5.10 Å². The molecule has 2 saturated heterocycles. The molecule has 4 heterocycles. The van der Waals surface area contributed by atoms with Crippen LogP contribution >= 0.6 is 0 Å². The van der Waals surface area contributed by atoms with E-state index < -0.39 is 0 Å². The van der Waals surface area contributed by atoms with Gasteiger partial charge in [-0.05, 0) is 30.2 Å². The van der Waals surface area contributed by atoms with E-state index in [-0.39, 0.29) is 30.9 Å². The molecule has 0 radical (unpaired) electrons. The van der Waals surface area contributed by atoms with Crippen LogP contribution in [-0.4, -0.2) is 65.9 Å². The van der Waals surface area contributed by atoms with E-state index >= 15 is 0 Å². The summed E-state index contributed by atoms with van der Waals surface area (Å²) in [5, 5.41) is 4.27. The number of likely N-dealkylation sites (tertiary alicyclic amines) is 1. The Labute approximate surface area is 162 Å². The van der Waals surface area contributed by atoms with Gasteiger partial charge >= 0.3 is 0 Å². The standard InChI is InChI=1S/C20H23N3O5/c24-20(5-3-14-2-4-16-17(8-14)28-13-27-16)22-9-18-19(10-22)26-12-15(11-25-18)23-7-1-6-21-23/h1-2,4,6-8,15,18-19H,3,5,9-13H2/t18-,19-/m0/s1. The number of rotatable bonds is 4. The number of hydrogen-bond acceptors (Lipinski definition) is 6. The number of carbonyl (C=O) groups is 1. The smallest absolute Gasteiger partial charge is 0.231 e. The van der Waals surface area contributed by atoms with Crippen LogP contribution < -0.4 is 9.47 Å². The lowest BCUT2D eigenvalue weighted by molar-refractivity contribution is -0.131. The van der Waals surface area contributed by atoms with Gasteiger partial charge in [0.25, 0.3) is 0 Å². The Morgan fingerprint density at radius 2 is 1.89 bits per heavy atom. The van der Waals surface area contributed by atoms with E-state index in [2.05, 4.69) is 5.10 Å². The van der Waals surface area contributed by atoms with Crippen molar-refractivity contribution in [3.05, 3.63) is 42.2 Å². The average Bonchev–Trinajstić information content (AvgIpc) is 3.45. The van der Waals surface area contributed by atoms with Crippen molar-refractivity contribution in [1.82, 2.24) is 14.7 Å². The van der Waals surface area contributed by atoms with Gasteiger partial charge in [0, 0.05) is 31.9 Å². The first kappa shape index (κ1) is 17.5. The minimum atomic E-state index is -0.0740. The zero-order valence-corrected chi connectivity index (χ0v) is 15.5. The third-order valence-electron chi connectivity index (χ3n) is 5.54. The quantitative estimate of drug-likeness (QED) is 0.792. The predicted molar refractivity (Wildman–Crippen MR) is 98.2 cm³/mol. The van der Waals surface area contributed by atoms with Gasteiger partial charge in [0.1, 0.15) is 12.2 Å². The lowest BCUT2D eigenvalue weighted by Crippen LogP contribution is -2.31. The van der Waals surface area contributed by atoms with Gasteiger partial charge < -0.3 is 23.8 Å². The first-order valence-electron chi connectivity index (χ1n) is 9.65. The number of benzene rings is 1. The second kappa shape index (κ2) is 7.44. The van der Waals surface area contributed by atoms with E-state index in [4.69, 9.17) is 18.9 Å². The minimum Gasteiger partial charge on any atom is -0.454 e. The predicted octanol–water partition coefficient (Wildman–Crippen LogP) is 1.41. The summed E-state index contributed by atoms with van der Waals surface area (Å²) in [4.78, 5) is 14.5. The van der Waals surface area contributed by atoms with E-state index in [0.717, 1.165) is 17.1 Å². The van der Waals surface area contributed by atoms with Gasteiger partial charge in [-0.1, -0.05) is 6.07 Å². The number of carbonyl (C=O) groups excluding carboxylic acids is 1. The van der Waals surface area contributed by atoms with Gasteiger partial charge in [-0.25, -0.2) is 0 Å². The Hall–Kier alpha value is -2.58. The second-order valence-corrected chi connectivity index (χ2v) is 7.37. The maximum absolute atomic E-state index is 12.7. The van der Waals surface area contributed by atoms with Gasteiger partial charge in [0.2, 0.25) is 12.7 Å². The average molecular weight is 385 g/mol. The number of nitrogens with zero attached hydrogens (tertiary/aromatic N) is 3. The maximum atomic E-state index is 12.7. The highest BCUT2D eigenvalue weighted by atomic mass is 16.7. The molecule has 8 nitrogen and oxygen atoms in total. The molecule has 3 aliphatic heterocycles. The number of aromatic nitrogens is 2. The molecular weight excluding hydrogens is 362 g/mol. The summed E-state index contributed by atoms with van der Waals surface area (Å²) < 4.78 is 24.7. The Balaban J connectivity index is 1.14. The Bertz CT molecular complexity index is 824. The van der Waals surface area contributed by atoms with Crippen LogP contribution in [0.3, 0.4) is 0 Å². The monoisotopic (exact) mass is 385 g/mol. The van der Waals surface area contributed by atoms with E-state index in [9.17, 15) is 4.79 Å². The highest BCUT2D eigenvalue weighted by Crippen LogP contribution is 2.33. The number of ether oxygens (including phenoxy) is 4. The summed E-state index contributed by atoms with van der Waals surface area (Å²) in [7, 11) is 0. The Morgan fingerprint density at radius 1 is 1.11 bits per heavy atom. The molecule has 8 heteroatoms. The molecule has 3 aliphatic rings. The number of hydrogen-bond donors (Lipinski definition) is 0. The summed E-state index contributed by atoms with van der Waals surface area (Å²) in [6.45, 7) is 2.51. The van der Waals surface area contributed by atoms with Crippen LogP contribution in [0.1, 0.15) is 18.0 Å². The molecule has 0 spiro atoms. The first-order valence-corrected chi connectivity index (χ1v) is 9.65. The molecule has 2 fully saturated rings. The highest BCUT2D eigenvalue weighted by Gasteiger charge is 2.39. The topological polar surface area (TPSA) is 75.0 Å². The molecule has 0 unspecified atom stereocenters. The minimum absolute atomic E-state index is 0.0740. The molecule has 2 aromatic rings. The summed E-state index contributed by atoms with van der Waals surface area (Å²) in [5.41, 5.74) is 1.07. The Kier molecular flexibility index (Phi) is 4.66. The molecule has 28 heavy (non-hydrogen) atoms. The van der Waals surface area contributed by atoms with E-state index in [0.29, 0.717) is 39.1 Å². The third kappa shape index (κ3) is 3.45. The lowest BCUT2D eigenvalue weighted by atomic mass is 10.1. The van der Waals surface area contributed by atoms with Crippen molar-refractivity contribution in [3.8, 4) is 11.5 Å². The zero-order chi connectivity index (χ0) is 18.9. The number of fused-ring (bicyclic) bond motifs is 2. The van der Waals surface area contributed by atoms with Crippen molar-refractivity contribution in [2.45, 2.75) is 31.1 Å². The van der Waals surface area contributed by atoms with Gasteiger partial charge in [0.05, 0.1) is 19.3 Å². The molecule has 0 bridgehead atoms. The Morgan fingerprint density at radius 3 is 2.64 bits per heavy atom. The normalized spacial score (nSPS) is 24.2. The maximum Gasteiger partial charge on any atom is 0.231 e. The molecule has 5 rings (SSSR count). The van der Waals surface area contributed by atoms with Crippen LogP contribution in [0.4, 0.5) is 0 Å². The fourth-order valence-corrected chi connectivity index (χ4v) is 3.94. The van der Waals surface area contributed by atoms with Crippen LogP contribution in [0.25, 0.3) is 0 Å². The molecule has 0 N–H and O–H groups in total. The van der Waals surface area contributed by atoms with Crippen LogP contribution in [0.5, 0.6) is 11.5 Å². The van der Waals surface area contributed by atoms with Gasteiger partial charge in [0.15, 0.2) is 11.5 Å². The fraction of sp³-hybridized carbons (Fsp3) is 0.500. The molecule has 1 aromatic carbocycles. The van der Waals surface area contributed by atoms with Crippen molar-refractivity contribution in [3.63, 3.8) is 0 Å². The lowest BCUT2D eigenvalue weighted by Gasteiger charge is -2.19. The number of aryl methyl sites for hydroxylation is 1. The van der Waals surface area contributed by atoms with Crippen LogP contribution in [0.15, 0.2) is 36.7 Å². The number of amides is 1. The molecule has 148 valence electrons. The molecule has 0 saturated carbocycles. The van der Waals surface area contributed by atoms with Crippen LogP contribution in [0.2, 0.25) is 0 Å². The molecule has 0 aliphatic carbocycles. The molecule has 2 atom stereocenters. The van der Waals surface area contributed by atoms with Crippen LogP contribution in [-0.2, 0) is 20.7 Å². The molecular formula is C20H23N3O5. The molecule has 1 aromatic heterocycles. The summed E-state index contributed by atoms with van der Waals surface area (Å²) in [6.07, 6.45) is 4.65. The zero-order valence-electron chi connectivity index (χ0n) is 15.5. The second-order valence-electron chi connectivity index (χ2n) is 7.37. The van der Waals surface area contributed by atoms with E-state index in [1.54, 1.807) is 6.20 Å². The van der Waals surface area contributed by atoms with Crippen molar-refractivity contribution >= 4 is 5.91 Å².